The van der Waals surface area contributed by atoms with Crippen molar-refractivity contribution < 1.29 is 18.7 Å². The van der Waals surface area contributed by atoms with Crippen LogP contribution in [0.3, 0.4) is 0 Å². The molecule has 0 aromatic heterocycles. The maximum Gasteiger partial charge on any atom is 0.330 e. The number of esters is 1. The minimum atomic E-state index is -1.02. The highest BCUT2D eigenvalue weighted by Gasteiger charge is 2.31. The lowest BCUT2D eigenvalue weighted by atomic mass is 9.82. The standard InChI is InChI=1S/C32H34BFN2O3/c1-35(2)26-16-13-23(14-17-26)25-15-18-28(29(34)21-25)31(33)36(32(38)24-9-5-4-6-10-24)27-11-7-8-22(20-27)12-19-30(37)39-3/h7-8,11-21,24,31H,4-6,9-10H2,1-3H3/b19-12+. The summed E-state index contributed by atoms with van der Waals surface area (Å²) in [5.74, 6) is -2.26. The fraction of sp³-hybridized carbons (Fsp3) is 0.312. The maximum atomic E-state index is 15.6. The van der Waals surface area contributed by atoms with Crippen molar-refractivity contribution >= 4 is 37.2 Å². The molecule has 1 unspecified atom stereocenters. The third-order valence-electron chi connectivity index (χ3n) is 7.27. The van der Waals surface area contributed by atoms with Crippen molar-refractivity contribution in [1.29, 1.82) is 0 Å². The zero-order chi connectivity index (χ0) is 27.9. The molecular weight excluding hydrogens is 490 g/mol. The number of carbonyl (C=O) groups is 2. The number of benzene rings is 3. The molecule has 0 bridgehead atoms. The van der Waals surface area contributed by atoms with Crippen molar-refractivity contribution in [2.75, 3.05) is 31.0 Å². The van der Waals surface area contributed by atoms with E-state index in [-0.39, 0.29) is 17.4 Å². The van der Waals surface area contributed by atoms with Gasteiger partial charge in [0.1, 0.15) is 13.7 Å². The molecule has 0 spiro atoms. The van der Waals surface area contributed by atoms with Gasteiger partial charge in [0.2, 0.25) is 5.91 Å². The second-order valence-electron chi connectivity index (χ2n) is 10.1. The number of carbonyl (C=O) groups excluding carboxylic acids is 2. The van der Waals surface area contributed by atoms with Gasteiger partial charge in [-0.2, -0.15) is 0 Å². The van der Waals surface area contributed by atoms with E-state index >= 15 is 4.39 Å². The molecule has 0 aliphatic heterocycles. The highest BCUT2D eigenvalue weighted by atomic mass is 19.1. The molecule has 3 aromatic rings. The normalized spacial score (nSPS) is 14.7. The summed E-state index contributed by atoms with van der Waals surface area (Å²) in [6.07, 6.45) is 7.57. The third-order valence-corrected chi connectivity index (χ3v) is 7.27. The van der Waals surface area contributed by atoms with Crippen LogP contribution in [-0.2, 0) is 14.3 Å². The summed E-state index contributed by atoms with van der Waals surface area (Å²) in [5, 5.41) is 0. The molecule has 0 saturated heterocycles. The van der Waals surface area contributed by atoms with Gasteiger partial charge in [-0.15, -0.1) is 0 Å². The van der Waals surface area contributed by atoms with Crippen LogP contribution in [0.4, 0.5) is 15.8 Å². The lowest BCUT2D eigenvalue weighted by Crippen LogP contribution is -2.40. The zero-order valence-electron chi connectivity index (χ0n) is 22.8. The minimum absolute atomic E-state index is 0.112. The van der Waals surface area contributed by atoms with Crippen LogP contribution in [0.15, 0.2) is 72.8 Å². The van der Waals surface area contributed by atoms with Gasteiger partial charge in [-0.3, -0.25) is 4.79 Å². The van der Waals surface area contributed by atoms with Crippen LogP contribution in [0, 0.1) is 11.7 Å². The second-order valence-corrected chi connectivity index (χ2v) is 10.1. The van der Waals surface area contributed by atoms with E-state index in [4.69, 9.17) is 7.85 Å². The van der Waals surface area contributed by atoms with Crippen molar-refractivity contribution in [3.63, 3.8) is 0 Å². The number of amides is 1. The number of methoxy groups -OCH3 is 1. The zero-order valence-corrected chi connectivity index (χ0v) is 22.8. The smallest absolute Gasteiger partial charge is 0.330 e. The summed E-state index contributed by atoms with van der Waals surface area (Å²) >= 11 is 0. The van der Waals surface area contributed by atoms with Gasteiger partial charge < -0.3 is 14.5 Å². The Hall–Kier alpha value is -3.87. The molecule has 3 aromatic carbocycles. The summed E-state index contributed by atoms with van der Waals surface area (Å²) in [6.45, 7) is 0. The largest absolute Gasteiger partial charge is 0.466 e. The quantitative estimate of drug-likeness (QED) is 0.191. The molecule has 200 valence electrons. The maximum absolute atomic E-state index is 15.6. The lowest BCUT2D eigenvalue weighted by molar-refractivity contribution is -0.134. The van der Waals surface area contributed by atoms with Crippen LogP contribution in [0.5, 0.6) is 0 Å². The highest BCUT2D eigenvalue weighted by molar-refractivity contribution is 6.18. The van der Waals surface area contributed by atoms with E-state index in [1.54, 1.807) is 30.3 Å². The molecule has 39 heavy (non-hydrogen) atoms. The van der Waals surface area contributed by atoms with E-state index in [9.17, 15) is 9.59 Å². The topological polar surface area (TPSA) is 49.9 Å². The van der Waals surface area contributed by atoms with E-state index in [2.05, 4.69) is 4.74 Å². The Kier molecular flexibility index (Phi) is 9.23. The molecule has 7 heteroatoms. The molecule has 5 nitrogen and oxygen atoms in total. The Balaban J connectivity index is 1.68. The van der Waals surface area contributed by atoms with Crippen molar-refractivity contribution in [3.05, 3.63) is 89.8 Å². The van der Waals surface area contributed by atoms with Crippen molar-refractivity contribution in [3.8, 4) is 11.1 Å². The Morgan fingerprint density at radius 2 is 1.64 bits per heavy atom. The van der Waals surface area contributed by atoms with Crippen LogP contribution < -0.4 is 9.80 Å². The average molecular weight is 524 g/mol. The van der Waals surface area contributed by atoms with Gasteiger partial charge in [-0.25, -0.2) is 9.18 Å². The van der Waals surface area contributed by atoms with Crippen LogP contribution in [0.1, 0.15) is 49.2 Å². The molecule has 1 aliphatic rings. The van der Waals surface area contributed by atoms with Gasteiger partial charge in [0, 0.05) is 49.0 Å². The van der Waals surface area contributed by atoms with Gasteiger partial charge in [-0.1, -0.05) is 55.7 Å². The lowest BCUT2D eigenvalue weighted by Gasteiger charge is -2.35. The summed E-state index contributed by atoms with van der Waals surface area (Å²) in [6, 6.07) is 20.0. The Morgan fingerprint density at radius 1 is 0.949 bits per heavy atom. The van der Waals surface area contributed by atoms with Gasteiger partial charge in [0.05, 0.1) is 7.11 Å². The molecule has 0 N–H and O–H groups in total. The summed E-state index contributed by atoms with van der Waals surface area (Å²) in [4.78, 5) is 29.0. The first kappa shape index (κ1) is 28.2. The van der Waals surface area contributed by atoms with Crippen LogP contribution in [-0.4, -0.2) is 40.9 Å². The molecular formula is C32H34BFN2O3. The third kappa shape index (κ3) is 6.77. The van der Waals surface area contributed by atoms with Gasteiger partial charge in [-0.05, 0) is 65.9 Å². The van der Waals surface area contributed by atoms with Crippen LogP contribution in [0.25, 0.3) is 17.2 Å². The number of rotatable bonds is 8. The van der Waals surface area contributed by atoms with Crippen molar-refractivity contribution in [1.82, 2.24) is 0 Å². The molecule has 1 fully saturated rings. The Labute approximate surface area is 231 Å². The van der Waals surface area contributed by atoms with Crippen LogP contribution >= 0.6 is 0 Å². The molecule has 2 radical (unpaired) electrons. The molecule has 1 saturated carbocycles. The summed E-state index contributed by atoms with van der Waals surface area (Å²) in [5.41, 5.74) is 4.16. The monoisotopic (exact) mass is 524 g/mol. The number of hydrogen-bond donors (Lipinski definition) is 0. The fourth-order valence-electron chi connectivity index (χ4n) is 5.02. The number of ether oxygens (including phenoxy) is 1. The highest BCUT2D eigenvalue weighted by Crippen LogP contribution is 2.34. The first-order chi connectivity index (χ1) is 18.8. The number of hydrogen-bond acceptors (Lipinski definition) is 4. The average Bonchev–Trinajstić information content (AvgIpc) is 2.96. The van der Waals surface area contributed by atoms with E-state index in [0.29, 0.717) is 11.3 Å². The molecule has 1 amide bonds. The Morgan fingerprint density at radius 3 is 2.28 bits per heavy atom. The molecule has 1 aliphatic carbocycles. The van der Waals surface area contributed by atoms with E-state index in [1.165, 1.54) is 24.2 Å². The number of nitrogens with zero attached hydrogens (tertiary/aromatic N) is 2. The SMILES string of the molecule is [B]C(c1ccc(-c2ccc(N(C)C)cc2)cc1F)N(C(=O)C1CCCCC1)c1cccc(/C=C/C(=O)OC)c1. The molecule has 0 heterocycles. The predicted molar refractivity (Wildman–Crippen MR) is 156 cm³/mol. The first-order valence-corrected chi connectivity index (χ1v) is 13.3. The Bertz CT molecular complexity index is 1330. The van der Waals surface area contributed by atoms with E-state index < -0.39 is 17.7 Å². The number of anilines is 2. The van der Waals surface area contributed by atoms with E-state index in [0.717, 1.165) is 48.9 Å². The van der Waals surface area contributed by atoms with Gasteiger partial charge in [0.25, 0.3) is 0 Å². The predicted octanol–water partition coefficient (Wildman–Crippen LogP) is 6.53. The first-order valence-electron chi connectivity index (χ1n) is 13.3. The molecule has 1 atom stereocenters. The van der Waals surface area contributed by atoms with Crippen LogP contribution in [0.2, 0.25) is 0 Å². The van der Waals surface area contributed by atoms with Crippen molar-refractivity contribution in [2.45, 2.75) is 38.0 Å². The minimum Gasteiger partial charge on any atom is -0.466 e. The summed E-state index contributed by atoms with van der Waals surface area (Å²) < 4.78 is 20.3. The number of halogens is 1. The van der Waals surface area contributed by atoms with Gasteiger partial charge >= 0.3 is 5.97 Å². The van der Waals surface area contributed by atoms with Crippen molar-refractivity contribution in [2.24, 2.45) is 5.92 Å². The van der Waals surface area contributed by atoms with Gasteiger partial charge in [0.15, 0.2) is 0 Å². The fourth-order valence-corrected chi connectivity index (χ4v) is 5.02. The molecule has 4 rings (SSSR count). The van der Waals surface area contributed by atoms with E-state index in [1.807, 2.05) is 55.4 Å². The summed E-state index contributed by atoms with van der Waals surface area (Å²) in [7, 11) is 11.9. The second kappa shape index (κ2) is 12.8.